The van der Waals surface area contributed by atoms with E-state index in [2.05, 4.69) is 33.1 Å². The van der Waals surface area contributed by atoms with E-state index >= 15 is 0 Å². The first kappa shape index (κ1) is 15.8. The molecule has 124 valence electrons. The number of ether oxygens (including phenoxy) is 1. The molecule has 1 aromatic heterocycles. The van der Waals surface area contributed by atoms with Crippen molar-refractivity contribution in [1.29, 1.82) is 0 Å². The molecule has 1 atom stereocenters. The second-order valence-corrected chi connectivity index (χ2v) is 7.64. The van der Waals surface area contributed by atoms with Gasteiger partial charge in [-0.25, -0.2) is 4.79 Å². The lowest BCUT2D eigenvalue weighted by molar-refractivity contribution is 0.146. The van der Waals surface area contributed by atoms with Crippen molar-refractivity contribution in [3.8, 4) is 5.75 Å². The van der Waals surface area contributed by atoms with E-state index in [1.165, 1.54) is 16.1 Å². The van der Waals surface area contributed by atoms with Gasteiger partial charge in [-0.2, -0.15) is 0 Å². The number of fused-ring (bicyclic) bond motifs is 3. The van der Waals surface area contributed by atoms with Crippen LogP contribution in [0.1, 0.15) is 17.7 Å². The molecule has 4 nitrogen and oxygen atoms in total. The molecular weight excluding hydrogens is 392 g/mol. The first-order chi connectivity index (χ1) is 11.6. The molecule has 0 saturated heterocycles. The third-order valence-corrected chi connectivity index (χ3v) is 5.31. The van der Waals surface area contributed by atoms with E-state index in [1.54, 1.807) is 29.2 Å². The summed E-state index contributed by atoms with van der Waals surface area (Å²) in [5, 5.41) is 3.07. The minimum absolute atomic E-state index is 0.332. The van der Waals surface area contributed by atoms with Crippen LogP contribution in [0.3, 0.4) is 0 Å². The van der Waals surface area contributed by atoms with Crippen LogP contribution in [0.15, 0.2) is 24.3 Å². The molecule has 2 heterocycles. The Morgan fingerprint density at radius 2 is 2.12 bits per heavy atom. The molecule has 4 rings (SSSR count). The zero-order valence-corrected chi connectivity index (χ0v) is 15.2. The Kier molecular flexibility index (Phi) is 4.14. The number of aromatic amines is 1. The van der Waals surface area contributed by atoms with Gasteiger partial charge in [-0.3, -0.25) is 0 Å². The smallest absolute Gasteiger partial charge is 0.410 e. The van der Waals surface area contributed by atoms with Crippen LogP contribution in [0.4, 0.5) is 4.79 Å². The standard InChI is InChI=1S/C18H16BrClN2O2/c19-11-1-6-16-15(9-11)14-7-8-22(10-17(14)21-16)18(23)24-13-4-2-12(20)3-5-13/h2-6,9,11,21H,1,7-8,10H2. The van der Waals surface area contributed by atoms with Gasteiger partial charge in [0.15, 0.2) is 0 Å². The van der Waals surface area contributed by atoms with E-state index in [0.29, 0.717) is 28.7 Å². The Morgan fingerprint density at radius 3 is 2.92 bits per heavy atom. The Balaban J connectivity index is 1.53. The maximum Gasteiger partial charge on any atom is 0.415 e. The van der Waals surface area contributed by atoms with E-state index in [1.807, 2.05) is 0 Å². The zero-order valence-electron chi connectivity index (χ0n) is 12.9. The van der Waals surface area contributed by atoms with Crippen LogP contribution in [0, 0.1) is 0 Å². The molecule has 2 aromatic rings. The third kappa shape index (κ3) is 2.98. The molecule has 1 N–H and O–H groups in total. The monoisotopic (exact) mass is 406 g/mol. The van der Waals surface area contributed by atoms with Crippen LogP contribution in [0.2, 0.25) is 5.02 Å². The molecule has 1 aliphatic heterocycles. The average molecular weight is 408 g/mol. The number of nitrogens with zero attached hydrogens (tertiary/aromatic N) is 1. The highest BCUT2D eigenvalue weighted by molar-refractivity contribution is 9.09. The molecule has 2 aliphatic rings. The zero-order chi connectivity index (χ0) is 16.7. The predicted molar refractivity (Wildman–Crippen MR) is 97.9 cm³/mol. The first-order valence-corrected chi connectivity index (χ1v) is 9.17. The number of hydrogen-bond donors (Lipinski definition) is 1. The van der Waals surface area contributed by atoms with E-state index in [-0.39, 0.29) is 6.09 Å². The largest absolute Gasteiger partial charge is 0.415 e. The summed E-state index contributed by atoms with van der Waals surface area (Å²) >= 11 is 9.50. The topological polar surface area (TPSA) is 45.3 Å². The maximum absolute atomic E-state index is 12.4. The molecule has 0 radical (unpaired) electrons. The Morgan fingerprint density at radius 1 is 1.33 bits per heavy atom. The van der Waals surface area contributed by atoms with E-state index in [0.717, 1.165) is 18.5 Å². The molecule has 24 heavy (non-hydrogen) atoms. The number of benzene rings is 1. The molecule has 1 aromatic carbocycles. The number of aromatic nitrogens is 1. The van der Waals surface area contributed by atoms with Crippen molar-refractivity contribution in [2.45, 2.75) is 24.2 Å². The van der Waals surface area contributed by atoms with Gasteiger partial charge in [0.05, 0.1) is 6.54 Å². The highest BCUT2D eigenvalue weighted by Gasteiger charge is 2.25. The Labute approximate surface area is 152 Å². The van der Waals surface area contributed by atoms with Crippen LogP contribution in [-0.4, -0.2) is 27.3 Å². The van der Waals surface area contributed by atoms with Crippen molar-refractivity contribution in [2.24, 2.45) is 0 Å². The lowest BCUT2D eigenvalue weighted by Crippen LogP contribution is -2.39. The van der Waals surface area contributed by atoms with Crippen molar-refractivity contribution in [1.82, 2.24) is 9.88 Å². The summed E-state index contributed by atoms with van der Waals surface area (Å²) in [6.45, 7) is 1.20. The second-order valence-electron chi connectivity index (χ2n) is 6.03. The number of H-pyrrole nitrogens is 1. The Bertz CT molecular complexity index is 904. The summed E-state index contributed by atoms with van der Waals surface area (Å²) in [6.07, 6.45) is 5.95. The van der Waals surface area contributed by atoms with Crippen LogP contribution in [0.5, 0.6) is 5.75 Å². The Hall–Kier alpha value is -1.72. The van der Waals surface area contributed by atoms with Gasteiger partial charge in [-0.15, -0.1) is 0 Å². The van der Waals surface area contributed by atoms with Crippen molar-refractivity contribution < 1.29 is 9.53 Å². The van der Waals surface area contributed by atoms with Crippen LogP contribution in [-0.2, 0) is 13.0 Å². The van der Waals surface area contributed by atoms with Gasteiger partial charge in [0, 0.05) is 27.4 Å². The molecule has 0 fully saturated rings. The fourth-order valence-corrected chi connectivity index (χ4v) is 3.80. The number of carbonyl (C=O) groups is 1. The summed E-state index contributed by atoms with van der Waals surface area (Å²) in [5.74, 6) is 0.504. The molecular formula is C18H16BrClN2O2. The van der Waals surface area contributed by atoms with Crippen molar-refractivity contribution in [3.05, 3.63) is 51.1 Å². The fourth-order valence-electron chi connectivity index (χ4n) is 3.22. The quantitative estimate of drug-likeness (QED) is 0.739. The third-order valence-electron chi connectivity index (χ3n) is 4.42. The minimum atomic E-state index is -0.332. The molecule has 0 bridgehead atoms. The summed E-state index contributed by atoms with van der Waals surface area (Å²) in [4.78, 5) is 18.0. The number of hydrogen-bond acceptors (Lipinski definition) is 2. The van der Waals surface area contributed by atoms with E-state index < -0.39 is 0 Å². The van der Waals surface area contributed by atoms with Crippen molar-refractivity contribution >= 4 is 45.8 Å². The van der Waals surface area contributed by atoms with Gasteiger partial charge in [0.25, 0.3) is 0 Å². The van der Waals surface area contributed by atoms with Crippen LogP contribution < -0.4 is 15.3 Å². The van der Waals surface area contributed by atoms with Gasteiger partial charge in [-0.05, 0) is 47.9 Å². The molecule has 0 spiro atoms. The van der Waals surface area contributed by atoms with Gasteiger partial charge in [-0.1, -0.05) is 39.7 Å². The van der Waals surface area contributed by atoms with Gasteiger partial charge in [0.2, 0.25) is 0 Å². The number of alkyl halides is 1. The lowest BCUT2D eigenvalue weighted by Gasteiger charge is -2.26. The molecule has 1 unspecified atom stereocenters. The summed E-state index contributed by atoms with van der Waals surface area (Å²) in [6, 6.07) is 6.81. The highest BCUT2D eigenvalue weighted by Crippen LogP contribution is 2.19. The molecule has 1 amide bonds. The van der Waals surface area contributed by atoms with Gasteiger partial charge < -0.3 is 14.6 Å². The SMILES string of the molecule is O=C(Oc1ccc(Cl)cc1)N1CCc2c([nH]c3c2=CC(Br)CC=3)C1. The van der Waals surface area contributed by atoms with Gasteiger partial charge >= 0.3 is 6.09 Å². The number of halogens is 2. The second kappa shape index (κ2) is 6.30. The maximum atomic E-state index is 12.4. The predicted octanol–water partition coefficient (Wildman–Crippen LogP) is 2.95. The normalized spacial score (nSPS) is 18.9. The van der Waals surface area contributed by atoms with Crippen LogP contribution >= 0.6 is 27.5 Å². The average Bonchev–Trinajstić information content (AvgIpc) is 2.94. The number of carbonyl (C=O) groups excluding carboxylic acids is 1. The fraction of sp³-hybridized carbons (Fsp3) is 0.278. The van der Waals surface area contributed by atoms with Crippen molar-refractivity contribution in [2.75, 3.05) is 6.54 Å². The molecule has 6 heteroatoms. The first-order valence-electron chi connectivity index (χ1n) is 7.88. The lowest BCUT2D eigenvalue weighted by atomic mass is 10.0. The highest BCUT2D eigenvalue weighted by atomic mass is 79.9. The minimum Gasteiger partial charge on any atom is -0.410 e. The molecule has 0 saturated carbocycles. The molecule has 1 aliphatic carbocycles. The van der Waals surface area contributed by atoms with Crippen LogP contribution in [0.25, 0.3) is 12.2 Å². The summed E-state index contributed by atoms with van der Waals surface area (Å²) in [7, 11) is 0. The van der Waals surface area contributed by atoms with Crippen molar-refractivity contribution in [3.63, 3.8) is 0 Å². The summed E-state index contributed by atoms with van der Waals surface area (Å²) in [5.41, 5.74) is 2.43. The van der Waals surface area contributed by atoms with E-state index in [9.17, 15) is 4.79 Å². The summed E-state index contributed by atoms with van der Waals surface area (Å²) < 4.78 is 5.43. The number of nitrogens with one attached hydrogen (secondary N) is 1. The van der Waals surface area contributed by atoms with E-state index in [4.69, 9.17) is 16.3 Å². The number of rotatable bonds is 1. The number of amides is 1. The van der Waals surface area contributed by atoms with Gasteiger partial charge in [0.1, 0.15) is 5.75 Å².